The van der Waals surface area contributed by atoms with E-state index in [0.29, 0.717) is 24.7 Å². The average molecular weight is 374 g/mol. The van der Waals surface area contributed by atoms with Crippen molar-refractivity contribution >= 4 is 5.91 Å². The number of carbonyl (C=O) groups excluding carboxylic acids is 1. The van der Waals surface area contributed by atoms with Crippen molar-refractivity contribution in [1.82, 2.24) is 0 Å². The number of aliphatic hydroxyl groups is 2. The summed E-state index contributed by atoms with van der Waals surface area (Å²) >= 11 is 0. The zero-order chi connectivity index (χ0) is 19.8. The summed E-state index contributed by atoms with van der Waals surface area (Å²) in [6.45, 7) is 3.81. The molecule has 2 aliphatic carbocycles. The third-order valence-corrected chi connectivity index (χ3v) is 6.14. The molecule has 150 valence electrons. The van der Waals surface area contributed by atoms with Gasteiger partial charge in [0.05, 0.1) is 12.2 Å². The summed E-state index contributed by atoms with van der Waals surface area (Å²) in [6.07, 6.45) is 12.4. The van der Waals surface area contributed by atoms with E-state index in [0.717, 1.165) is 38.5 Å². The smallest absolute Gasteiger partial charge is 0.217 e. The Morgan fingerprint density at radius 3 is 2.85 bits per heavy atom. The average Bonchev–Trinajstić information content (AvgIpc) is 3.13. The van der Waals surface area contributed by atoms with Crippen LogP contribution in [-0.2, 0) is 4.79 Å². The van der Waals surface area contributed by atoms with Gasteiger partial charge in [-0.05, 0) is 63.2 Å². The normalized spacial score (nSPS) is 30.9. The molecule has 0 unspecified atom stereocenters. The molecule has 2 aliphatic rings. The van der Waals surface area contributed by atoms with Crippen molar-refractivity contribution in [2.75, 3.05) is 0 Å². The number of fused-ring (bicyclic) bond motifs is 1. The summed E-state index contributed by atoms with van der Waals surface area (Å²) in [5.41, 5.74) is 6.66. The van der Waals surface area contributed by atoms with Crippen LogP contribution in [0.5, 0.6) is 0 Å². The number of aliphatic hydroxyl groups excluding tert-OH is 2. The molecule has 27 heavy (non-hydrogen) atoms. The van der Waals surface area contributed by atoms with E-state index < -0.39 is 6.10 Å². The number of primary amides is 1. The van der Waals surface area contributed by atoms with Crippen LogP contribution in [-0.4, -0.2) is 28.3 Å². The molecule has 2 saturated carbocycles. The summed E-state index contributed by atoms with van der Waals surface area (Å²) in [6, 6.07) is 0. The van der Waals surface area contributed by atoms with Crippen molar-refractivity contribution in [2.24, 2.45) is 29.4 Å². The first-order valence-electron chi connectivity index (χ1n) is 10.3. The Morgan fingerprint density at radius 1 is 1.37 bits per heavy atom. The molecule has 0 saturated heterocycles. The van der Waals surface area contributed by atoms with Gasteiger partial charge < -0.3 is 15.9 Å². The maximum absolute atomic E-state index is 10.8. The highest BCUT2D eigenvalue weighted by Gasteiger charge is 2.44. The third-order valence-electron chi connectivity index (χ3n) is 6.14. The van der Waals surface area contributed by atoms with Gasteiger partial charge >= 0.3 is 0 Å². The van der Waals surface area contributed by atoms with Crippen LogP contribution in [0.25, 0.3) is 0 Å². The highest BCUT2D eigenvalue weighted by Crippen LogP contribution is 2.50. The van der Waals surface area contributed by atoms with Gasteiger partial charge in [-0.25, -0.2) is 0 Å². The predicted octanol–water partition coefficient (Wildman–Crippen LogP) is 3.33. The van der Waals surface area contributed by atoms with E-state index in [-0.39, 0.29) is 23.8 Å². The molecule has 4 N–H and O–H groups in total. The molecule has 0 aromatic heterocycles. The zero-order valence-corrected chi connectivity index (χ0v) is 16.7. The number of nitrogens with two attached hydrogens (primary N) is 1. The summed E-state index contributed by atoms with van der Waals surface area (Å²) in [7, 11) is 0. The van der Waals surface area contributed by atoms with E-state index in [4.69, 9.17) is 5.73 Å². The molecule has 6 atom stereocenters. The second kappa shape index (κ2) is 10.7. The standard InChI is InChI=1S/C23H35NO3/c1-3-4-8-16(2)21(25)12-11-19-20-14-17(13-18(20)15-22(19)26)9-6-5-7-10-23(24)27/h9,11-12,16,18-22,25-26H,5-8,10,13-15H2,1-2H3,(H2,24,27)/t16-,18+,19-,20+,21-,22-/m1/s1. The Bertz CT molecular complexity index is 613. The highest BCUT2D eigenvalue weighted by molar-refractivity contribution is 5.73. The van der Waals surface area contributed by atoms with Gasteiger partial charge in [0.15, 0.2) is 0 Å². The third kappa shape index (κ3) is 6.52. The van der Waals surface area contributed by atoms with Gasteiger partial charge in [0, 0.05) is 18.8 Å². The fourth-order valence-corrected chi connectivity index (χ4v) is 4.51. The van der Waals surface area contributed by atoms with Gasteiger partial charge in [0.2, 0.25) is 5.91 Å². The number of carbonyl (C=O) groups is 1. The van der Waals surface area contributed by atoms with Gasteiger partial charge in [0.25, 0.3) is 0 Å². The molecule has 0 heterocycles. The molecule has 0 bridgehead atoms. The molecule has 4 heteroatoms. The van der Waals surface area contributed by atoms with E-state index in [1.165, 1.54) is 5.57 Å². The van der Waals surface area contributed by atoms with E-state index in [2.05, 4.69) is 17.9 Å². The molecular formula is C23H35NO3. The molecule has 4 nitrogen and oxygen atoms in total. The lowest BCUT2D eigenvalue weighted by Gasteiger charge is -2.19. The Hall–Kier alpha value is -1.57. The van der Waals surface area contributed by atoms with Crippen LogP contribution in [0, 0.1) is 35.5 Å². The molecular weight excluding hydrogens is 338 g/mol. The van der Waals surface area contributed by atoms with E-state index in [1.54, 1.807) is 0 Å². The fourth-order valence-electron chi connectivity index (χ4n) is 4.51. The van der Waals surface area contributed by atoms with Crippen LogP contribution in [0.1, 0.15) is 65.2 Å². The minimum atomic E-state index is -0.515. The first-order chi connectivity index (χ1) is 12.9. The molecule has 0 aromatic rings. The van der Waals surface area contributed by atoms with Crippen molar-refractivity contribution in [2.45, 2.75) is 77.4 Å². The summed E-state index contributed by atoms with van der Waals surface area (Å²) < 4.78 is 0. The first kappa shape index (κ1) is 21.7. The van der Waals surface area contributed by atoms with Crippen molar-refractivity contribution in [1.29, 1.82) is 0 Å². The largest absolute Gasteiger partial charge is 0.392 e. The number of unbranched alkanes of at least 4 members (excludes halogenated alkanes) is 2. The number of hydrogen-bond acceptors (Lipinski definition) is 3. The summed E-state index contributed by atoms with van der Waals surface area (Å²) in [4.78, 5) is 10.8. The van der Waals surface area contributed by atoms with Crippen LogP contribution in [0.2, 0.25) is 0 Å². The van der Waals surface area contributed by atoms with Crippen molar-refractivity contribution in [3.63, 3.8) is 0 Å². The Labute approximate surface area is 163 Å². The van der Waals surface area contributed by atoms with E-state index in [1.807, 2.05) is 26.0 Å². The Kier molecular flexibility index (Phi) is 8.60. The van der Waals surface area contributed by atoms with Gasteiger partial charge in [-0.2, -0.15) is 0 Å². The second-order valence-corrected chi connectivity index (χ2v) is 8.27. The van der Waals surface area contributed by atoms with Crippen molar-refractivity contribution < 1.29 is 15.0 Å². The quantitative estimate of drug-likeness (QED) is 0.329. The number of amides is 1. The van der Waals surface area contributed by atoms with Crippen LogP contribution < -0.4 is 5.73 Å². The van der Waals surface area contributed by atoms with Gasteiger partial charge in [-0.15, -0.1) is 11.8 Å². The van der Waals surface area contributed by atoms with E-state index >= 15 is 0 Å². The molecule has 2 fully saturated rings. The Morgan fingerprint density at radius 2 is 2.15 bits per heavy atom. The molecule has 2 rings (SSSR count). The topological polar surface area (TPSA) is 83.5 Å². The van der Waals surface area contributed by atoms with Crippen LogP contribution >= 0.6 is 0 Å². The monoisotopic (exact) mass is 373 g/mol. The zero-order valence-electron chi connectivity index (χ0n) is 16.7. The maximum Gasteiger partial charge on any atom is 0.217 e. The number of rotatable bonds is 9. The van der Waals surface area contributed by atoms with Crippen molar-refractivity contribution in [3.05, 3.63) is 23.8 Å². The molecule has 0 radical (unpaired) electrons. The highest BCUT2D eigenvalue weighted by atomic mass is 16.3. The lowest BCUT2D eigenvalue weighted by Crippen LogP contribution is -2.19. The first-order valence-corrected chi connectivity index (χ1v) is 10.3. The number of allylic oxidation sites excluding steroid dienone is 2. The summed E-state index contributed by atoms with van der Waals surface area (Å²) in [5, 5.41) is 20.8. The van der Waals surface area contributed by atoms with Crippen LogP contribution in [0.3, 0.4) is 0 Å². The minimum Gasteiger partial charge on any atom is -0.392 e. The minimum absolute atomic E-state index is 0.0995. The molecule has 0 aliphatic heterocycles. The number of hydrogen-bond donors (Lipinski definition) is 3. The molecule has 0 spiro atoms. The molecule has 1 amide bonds. The predicted molar refractivity (Wildman–Crippen MR) is 108 cm³/mol. The molecule has 0 aromatic carbocycles. The lowest BCUT2D eigenvalue weighted by atomic mass is 9.89. The van der Waals surface area contributed by atoms with E-state index in [9.17, 15) is 15.0 Å². The summed E-state index contributed by atoms with van der Waals surface area (Å²) in [5.74, 6) is 6.92. The van der Waals surface area contributed by atoms with Crippen LogP contribution in [0.15, 0.2) is 23.8 Å². The fraction of sp³-hybridized carbons (Fsp3) is 0.696. The second-order valence-electron chi connectivity index (χ2n) is 8.27. The van der Waals surface area contributed by atoms with Crippen molar-refractivity contribution in [3.8, 4) is 11.8 Å². The maximum atomic E-state index is 10.8. The van der Waals surface area contributed by atoms with Gasteiger partial charge in [-0.3, -0.25) is 4.79 Å². The lowest BCUT2D eigenvalue weighted by molar-refractivity contribution is -0.118. The Balaban J connectivity index is 1.85. The SMILES string of the molecule is CC#CC[C@@H](C)[C@H](O)C=C[C@@H]1[C@H]2CC(=CCCCCC(N)=O)C[C@H]2C[C@H]1O. The van der Waals surface area contributed by atoms with Gasteiger partial charge in [0.1, 0.15) is 0 Å². The van der Waals surface area contributed by atoms with Gasteiger partial charge in [-0.1, -0.05) is 30.7 Å². The van der Waals surface area contributed by atoms with Crippen LogP contribution in [0.4, 0.5) is 0 Å².